The number of phenols is 1. The highest BCUT2D eigenvalue weighted by atomic mass is 16.5. The van der Waals surface area contributed by atoms with Crippen molar-refractivity contribution >= 4 is 11.0 Å². The van der Waals surface area contributed by atoms with Crippen LogP contribution in [0, 0.1) is 6.92 Å². The lowest BCUT2D eigenvalue weighted by Crippen LogP contribution is -2.07. The summed E-state index contributed by atoms with van der Waals surface area (Å²) in [5, 5.41) is 10.2. The van der Waals surface area contributed by atoms with Crippen molar-refractivity contribution in [3.8, 4) is 28.6 Å². The number of benzene rings is 2. The molecule has 0 saturated carbocycles. The third-order valence-electron chi connectivity index (χ3n) is 3.65. The van der Waals surface area contributed by atoms with Gasteiger partial charge in [0, 0.05) is 5.56 Å². The van der Waals surface area contributed by atoms with Gasteiger partial charge in [-0.1, -0.05) is 11.6 Å². The number of rotatable bonds is 3. The molecule has 0 aliphatic carbocycles. The predicted octanol–water partition coefficient (Wildman–Crippen LogP) is 3.49. The van der Waals surface area contributed by atoms with E-state index >= 15 is 0 Å². The zero-order valence-corrected chi connectivity index (χ0v) is 13.0. The van der Waals surface area contributed by atoms with Crippen LogP contribution in [0.2, 0.25) is 0 Å². The summed E-state index contributed by atoms with van der Waals surface area (Å²) in [6.45, 7) is 1.91. The molecule has 1 N–H and O–H groups in total. The highest BCUT2D eigenvalue weighted by Crippen LogP contribution is 2.36. The number of fused-ring (bicyclic) bond motifs is 1. The number of aromatic hydroxyl groups is 1. The van der Waals surface area contributed by atoms with Crippen molar-refractivity contribution in [2.45, 2.75) is 6.92 Å². The maximum absolute atomic E-state index is 12.7. The monoisotopic (exact) mass is 312 g/mol. The van der Waals surface area contributed by atoms with Crippen molar-refractivity contribution in [3.05, 3.63) is 52.2 Å². The molecule has 0 atom stereocenters. The van der Waals surface area contributed by atoms with Gasteiger partial charge < -0.3 is 19.0 Å². The van der Waals surface area contributed by atoms with Crippen LogP contribution in [0.15, 0.2) is 45.6 Å². The average molecular weight is 312 g/mol. The predicted molar refractivity (Wildman–Crippen MR) is 87.4 cm³/mol. The Bertz CT molecular complexity index is 940. The fourth-order valence-corrected chi connectivity index (χ4v) is 2.49. The van der Waals surface area contributed by atoms with Gasteiger partial charge in [-0.05, 0) is 37.3 Å². The van der Waals surface area contributed by atoms with Crippen molar-refractivity contribution in [1.82, 2.24) is 0 Å². The Labute approximate surface area is 132 Å². The van der Waals surface area contributed by atoms with E-state index in [4.69, 9.17) is 13.9 Å². The maximum Gasteiger partial charge on any atom is 0.235 e. The minimum Gasteiger partial charge on any atom is -0.504 e. The molecule has 0 fully saturated rings. The van der Waals surface area contributed by atoms with E-state index in [2.05, 4.69) is 0 Å². The van der Waals surface area contributed by atoms with E-state index < -0.39 is 0 Å². The molecule has 0 spiro atoms. The lowest BCUT2D eigenvalue weighted by molar-refractivity contribution is 0.373. The lowest BCUT2D eigenvalue weighted by Gasteiger charge is -2.11. The van der Waals surface area contributed by atoms with Crippen LogP contribution in [-0.2, 0) is 0 Å². The van der Waals surface area contributed by atoms with Crippen LogP contribution in [0.25, 0.3) is 22.3 Å². The molecule has 0 aliphatic rings. The largest absolute Gasteiger partial charge is 0.504 e. The van der Waals surface area contributed by atoms with Gasteiger partial charge in [0.2, 0.25) is 11.2 Å². The summed E-state index contributed by atoms with van der Waals surface area (Å²) in [5.74, 6) is 0.716. The first-order valence-electron chi connectivity index (χ1n) is 7.04. The third kappa shape index (κ3) is 2.50. The summed E-state index contributed by atoms with van der Waals surface area (Å²) in [6, 6.07) is 10.1. The van der Waals surface area contributed by atoms with Crippen LogP contribution < -0.4 is 14.9 Å². The normalized spacial score (nSPS) is 10.7. The number of hydrogen-bond acceptors (Lipinski definition) is 5. The second-order valence-electron chi connectivity index (χ2n) is 5.18. The van der Waals surface area contributed by atoms with E-state index in [1.807, 2.05) is 13.0 Å². The van der Waals surface area contributed by atoms with Gasteiger partial charge >= 0.3 is 0 Å². The minimum absolute atomic E-state index is 0.00831. The molecule has 23 heavy (non-hydrogen) atoms. The van der Waals surface area contributed by atoms with Crippen LogP contribution in [0.4, 0.5) is 0 Å². The van der Waals surface area contributed by atoms with Gasteiger partial charge in [0.25, 0.3) is 0 Å². The summed E-state index contributed by atoms with van der Waals surface area (Å²) in [6.07, 6.45) is 0. The van der Waals surface area contributed by atoms with Gasteiger partial charge in [-0.2, -0.15) is 0 Å². The number of ether oxygens (including phenoxy) is 2. The van der Waals surface area contributed by atoms with Crippen LogP contribution in [-0.4, -0.2) is 19.3 Å². The number of hydrogen-bond donors (Lipinski definition) is 1. The molecular formula is C18H16O5. The summed E-state index contributed by atoms with van der Waals surface area (Å²) in [7, 11) is 2.88. The van der Waals surface area contributed by atoms with Gasteiger partial charge in [-0.15, -0.1) is 0 Å². The molecule has 1 aromatic heterocycles. The van der Waals surface area contributed by atoms with Gasteiger partial charge in [0.1, 0.15) is 5.58 Å². The minimum atomic E-state index is -0.237. The number of aryl methyl sites for hydroxylation is 1. The lowest BCUT2D eigenvalue weighted by atomic mass is 10.1. The fraction of sp³-hybridized carbons (Fsp3) is 0.167. The molecule has 118 valence electrons. The van der Waals surface area contributed by atoms with Gasteiger partial charge in [0.15, 0.2) is 17.3 Å². The zero-order valence-electron chi connectivity index (χ0n) is 13.0. The van der Waals surface area contributed by atoms with E-state index in [-0.39, 0.29) is 22.7 Å². The third-order valence-corrected chi connectivity index (χ3v) is 3.65. The van der Waals surface area contributed by atoms with Crippen LogP contribution >= 0.6 is 0 Å². The molecule has 0 bridgehead atoms. The van der Waals surface area contributed by atoms with E-state index in [1.54, 1.807) is 24.3 Å². The molecule has 3 aromatic rings. The Balaban J connectivity index is 2.33. The van der Waals surface area contributed by atoms with Crippen molar-refractivity contribution < 1.29 is 19.0 Å². The highest BCUT2D eigenvalue weighted by Gasteiger charge is 2.18. The van der Waals surface area contributed by atoms with E-state index in [0.717, 1.165) is 5.56 Å². The van der Waals surface area contributed by atoms with E-state index in [9.17, 15) is 9.90 Å². The van der Waals surface area contributed by atoms with E-state index in [1.165, 1.54) is 20.3 Å². The Hall–Kier alpha value is -2.95. The van der Waals surface area contributed by atoms with Gasteiger partial charge in [-0.3, -0.25) is 4.79 Å². The second kappa shape index (κ2) is 5.68. The molecule has 0 aliphatic heterocycles. The molecular weight excluding hydrogens is 296 g/mol. The second-order valence-corrected chi connectivity index (χ2v) is 5.18. The molecule has 0 unspecified atom stereocenters. The summed E-state index contributed by atoms with van der Waals surface area (Å²) in [5.41, 5.74) is 1.78. The molecule has 0 amide bonds. The Kier molecular flexibility index (Phi) is 3.70. The Morgan fingerprint density at radius 3 is 2.52 bits per heavy atom. The molecule has 0 radical (unpaired) electrons. The van der Waals surface area contributed by atoms with Gasteiger partial charge in [0.05, 0.1) is 19.6 Å². The quantitative estimate of drug-likeness (QED) is 0.801. The van der Waals surface area contributed by atoms with Crippen LogP contribution in [0.5, 0.6) is 17.2 Å². The highest BCUT2D eigenvalue weighted by molar-refractivity contribution is 5.82. The van der Waals surface area contributed by atoms with Crippen LogP contribution in [0.3, 0.4) is 0 Å². The number of phenolic OH excluding ortho intramolecular Hbond substituents is 1. The molecule has 2 aromatic carbocycles. The first-order valence-corrected chi connectivity index (χ1v) is 7.04. The zero-order chi connectivity index (χ0) is 16.6. The molecule has 3 rings (SSSR count). The van der Waals surface area contributed by atoms with Crippen molar-refractivity contribution in [1.29, 1.82) is 0 Å². The standard InChI is InChI=1S/C18H16O5/c1-10-4-7-14-12(8-10)16(20)18(22-3)17(23-14)11-5-6-13(19)15(9-11)21-2/h4-9,19H,1-3H3. The Morgan fingerprint density at radius 1 is 1.04 bits per heavy atom. The van der Waals surface area contributed by atoms with Crippen molar-refractivity contribution in [2.75, 3.05) is 14.2 Å². The smallest absolute Gasteiger partial charge is 0.235 e. The fourth-order valence-electron chi connectivity index (χ4n) is 2.49. The summed E-state index contributed by atoms with van der Waals surface area (Å²) >= 11 is 0. The maximum atomic E-state index is 12.7. The SMILES string of the molecule is COc1cc(-c2oc3ccc(C)cc3c(=O)c2OC)ccc1O. The molecule has 0 saturated heterocycles. The van der Waals surface area contributed by atoms with Crippen molar-refractivity contribution in [3.63, 3.8) is 0 Å². The molecule has 5 heteroatoms. The van der Waals surface area contributed by atoms with Crippen molar-refractivity contribution in [2.24, 2.45) is 0 Å². The first kappa shape index (κ1) is 15.0. The summed E-state index contributed by atoms with van der Waals surface area (Å²) in [4.78, 5) is 12.7. The van der Waals surface area contributed by atoms with Crippen LogP contribution in [0.1, 0.15) is 5.56 Å². The first-order chi connectivity index (χ1) is 11.0. The molecule has 5 nitrogen and oxygen atoms in total. The van der Waals surface area contributed by atoms with Gasteiger partial charge in [-0.25, -0.2) is 0 Å². The average Bonchev–Trinajstić information content (AvgIpc) is 2.56. The molecule has 1 heterocycles. The number of methoxy groups -OCH3 is 2. The topological polar surface area (TPSA) is 68.9 Å². The Morgan fingerprint density at radius 2 is 1.83 bits per heavy atom. The summed E-state index contributed by atoms with van der Waals surface area (Å²) < 4.78 is 16.3. The van der Waals surface area contributed by atoms with E-state index in [0.29, 0.717) is 22.3 Å².